The Balaban J connectivity index is 1.96. The van der Waals surface area contributed by atoms with E-state index in [1.54, 1.807) is 0 Å². The van der Waals surface area contributed by atoms with Crippen molar-refractivity contribution in [2.75, 3.05) is 31.6 Å². The highest BCUT2D eigenvalue weighted by atomic mass is 16.5. The molecule has 1 fully saturated rings. The summed E-state index contributed by atoms with van der Waals surface area (Å²) in [4.78, 5) is 0. The summed E-state index contributed by atoms with van der Waals surface area (Å²) in [5.74, 6) is 0. The van der Waals surface area contributed by atoms with Crippen molar-refractivity contribution in [3.8, 4) is 0 Å². The SMILES string of the molecule is Cc1cc(C)c(NCC2CNCCO2)cc1C. The minimum Gasteiger partial charge on any atom is -0.382 e. The molecule has 2 N–H and O–H groups in total. The summed E-state index contributed by atoms with van der Waals surface area (Å²) in [6.07, 6.45) is 0.282. The Labute approximate surface area is 104 Å². The van der Waals surface area contributed by atoms with Crippen LogP contribution < -0.4 is 10.6 Å². The fraction of sp³-hybridized carbons (Fsp3) is 0.571. The van der Waals surface area contributed by atoms with Gasteiger partial charge in [-0.15, -0.1) is 0 Å². The molecule has 0 saturated carbocycles. The van der Waals surface area contributed by atoms with Crippen LogP contribution in [-0.4, -0.2) is 32.3 Å². The van der Waals surface area contributed by atoms with Gasteiger partial charge in [0.05, 0.1) is 12.7 Å². The van der Waals surface area contributed by atoms with Gasteiger partial charge in [0.25, 0.3) is 0 Å². The van der Waals surface area contributed by atoms with Gasteiger partial charge in [0, 0.05) is 25.3 Å². The third-order valence-electron chi connectivity index (χ3n) is 3.37. The van der Waals surface area contributed by atoms with Crippen LogP contribution in [0.15, 0.2) is 12.1 Å². The minimum absolute atomic E-state index is 0.282. The van der Waals surface area contributed by atoms with Crippen molar-refractivity contribution in [3.05, 3.63) is 28.8 Å². The van der Waals surface area contributed by atoms with E-state index in [1.165, 1.54) is 22.4 Å². The highest BCUT2D eigenvalue weighted by Gasteiger charge is 2.13. The van der Waals surface area contributed by atoms with Crippen LogP contribution in [0.2, 0.25) is 0 Å². The molecule has 0 amide bonds. The number of anilines is 1. The van der Waals surface area contributed by atoms with Gasteiger partial charge in [-0.1, -0.05) is 6.07 Å². The molecule has 1 aromatic carbocycles. The number of benzene rings is 1. The predicted octanol–water partition coefficient (Wildman–Crippen LogP) is 2.01. The Bertz CT molecular complexity index is 384. The Morgan fingerprint density at radius 2 is 2.00 bits per heavy atom. The average molecular weight is 234 g/mol. The lowest BCUT2D eigenvalue weighted by atomic mass is 10.0. The van der Waals surface area contributed by atoms with Crippen LogP contribution in [0.1, 0.15) is 16.7 Å². The van der Waals surface area contributed by atoms with Gasteiger partial charge in [-0.25, -0.2) is 0 Å². The van der Waals surface area contributed by atoms with Gasteiger partial charge >= 0.3 is 0 Å². The molecule has 94 valence electrons. The summed E-state index contributed by atoms with van der Waals surface area (Å²) < 4.78 is 5.67. The van der Waals surface area contributed by atoms with Gasteiger partial charge in [0.2, 0.25) is 0 Å². The van der Waals surface area contributed by atoms with Crippen LogP contribution in [0.3, 0.4) is 0 Å². The van der Waals surface area contributed by atoms with E-state index < -0.39 is 0 Å². The summed E-state index contributed by atoms with van der Waals surface area (Å²) in [5.41, 5.74) is 5.21. The molecule has 1 unspecified atom stereocenters. The highest BCUT2D eigenvalue weighted by molar-refractivity contribution is 5.54. The predicted molar refractivity (Wildman–Crippen MR) is 71.8 cm³/mol. The molecular formula is C14H22N2O. The molecule has 17 heavy (non-hydrogen) atoms. The largest absolute Gasteiger partial charge is 0.382 e. The summed E-state index contributed by atoms with van der Waals surface area (Å²) in [7, 11) is 0. The summed E-state index contributed by atoms with van der Waals surface area (Å²) in [5, 5.41) is 6.83. The van der Waals surface area contributed by atoms with Crippen LogP contribution >= 0.6 is 0 Å². The van der Waals surface area contributed by atoms with Crippen LogP contribution in [0.4, 0.5) is 5.69 Å². The van der Waals surface area contributed by atoms with E-state index in [9.17, 15) is 0 Å². The van der Waals surface area contributed by atoms with Crippen LogP contribution in [0, 0.1) is 20.8 Å². The van der Waals surface area contributed by atoms with E-state index in [0.29, 0.717) is 0 Å². The second kappa shape index (κ2) is 5.52. The fourth-order valence-corrected chi connectivity index (χ4v) is 2.13. The van der Waals surface area contributed by atoms with Gasteiger partial charge in [-0.3, -0.25) is 0 Å². The third kappa shape index (κ3) is 3.20. The van der Waals surface area contributed by atoms with Crippen LogP contribution in [0.25, 0.3) is 0 Å². The van der Waals surface area contributed by atoms with Gasteiger partial charge in [-0.2, -0.15) is 0 Å². The van der Waals surface area contributed by atoms with Crippen molar-refractivity contribution in [2.45, 2.75) is 26.9 Å². The van der Waals surface area contributed by atoms with Crippen molar-refractivity contribution < 1.29 is 4.74 Å². The maximum Gasteiger partial charge on any atom is 0.0872 e. The first-order valence-electron chi connectivity index (χ1n) is 6.31. The van der Waals surface area contributed by atoms with Crippen molar-refractivity contribution in [2.24, 2.45) is 0 Å². The van der Waals surface area contributed by atoms with Gasteiger partial charge in [0.1, 0.15) is 0 Å². The minimum atomic E-state index is 0.282. The first-order chi connectivity index (χ1) is 8.16. The van der Waals surface area contributed by atoms with Crippen LogP contribution in [0.5, 0.6) is 0 Å². The standard InChI is InChI=1S/C14H22N2O/c1-10-6-12(3)14(7-11(10)2)16-9-13-8-15-4-5-17-13/h6-7,13,15-16H,4-5,8-9H2,1-3H3. The van der Waals surface area contributed by atoms with Gasteiger partial charge in [-0.05, 0) is 43.5 Å². The molecule has 0 spiro atoms. The number of rotatable bonds is 3. The fourth-order valence-electron chi connectivity index (χ4n) is 2.13. The summed E-state index contributed by atoms with van der Waals surface area (Å²) in [6, 6.07) is 4.46. The molecular weight excluding hydrogens is 212 g/mol. The highest BCUT2D eigenvalue weighted by Crippen LogP contribution is 2.20. The monoisotopic (exact) mass is 234 g/mol. The summed E-state index contributed by atoms with van der Waals surface area (Å²) >= 11 is 0. The van der Waals surface area contributed by atoms with Gasteiger partial charge < -0.3 is 15.4 Å². The van der Waals surface area contributed by atoms with Crippen molar-refractivity contribution >= 4 is 5.69 Å². The first-order valence-corrected chi connectivity index (χ1v) is 6.31. The van der Waals surface area contributed by atoms with E-state index in [2.05, 4.69) is 43.5 Å². The summed E-state index contributed by atoms with van der Waals surface area (Å²) in [6.45, 7) is 10.1. The molecule has 1 aliphatic rings. The Morgan fingerprint density at radius 3 is 2.71 bits per heavy atom. The molecule has 3 nitrogen and oxygen atoms in total. The zero-order valence-electron chi connectivity index (χ0n) is 11.0. The molecule has 1 aliphatic heterocycles. The topological polar surface area (TPSA) is 33.3 Å². The maximum absolute atomic E-state index is 5.67. The first kappa shape index (κ1) is 12.4. The van der Waals surface area contributed by atoms with E-state index in [0.717, 1.165) is 26.2 Å². The lowest BCUT2D eigenvalue weighted by Crippen LogP contribution is -2.42. The van der Waals surface area contributed by atoms with E-state index >= 15 is 0 Å². The smallest absolute Gasteiger partial charge is 0.0872 e. The molecule has 1 atom stereocenters. The maximum atomic E-state index is 5.67. The molecule has 3 heteroatoms. The number of hydrogen-bond donors (Lipinski definition) is 2. The van der Waals surface area contributed by atoms with E-state index in [1.807, 2.05) is 0 Å². The van der Waals surface area contributed by atoms with Crippen molar-refractivity contribution in [1.82, 2.24) is 5.32 Å². The zero-order valence-corrected chi connectivity index (χ0v) is 11.0. The number of aryl methyl sites for hydroxylation is 3. The molecule has 0 aromatic heterocycles. The third-order valence-corrected chi connectivity index (χ3v) is 3.37. The van der Waals surface area contributed by atoms with Gasteiger partial charge in [0.15, 0.2) is 0 Å². The second-order valence-corrected chi connectivity index (χ2v) is 4.83. The quantitative estimate of drug-likeness (QED) is 0.839. The number of ether oxygens (including phenoxy) is 1. The van der Waals surface area contributed by atoms with E-state index in [-0.39, 0.29) is 6.10 Å². The lowest BCUT2D eigenvalue weighted by molar-refractivity contribution is 0.0372. The van der Waals surface area contributed by atoms with Crippen molar-refractivity contribution in [1.29, 1.82) is 0 Å². The van der Waals surface area contributed by atoms with Crippen molar-refractivity contribution in [3.63, 3.8) is 0 Å². The molecule has 0 bridgehead atoms. The van der Waals surface area contributed by atoms with E-state index in [4.69, 9.17) is 4.74 Å². The Morgan fingerprint density at radius 1 is 1.24 bits per heavy atom. The molecule has 0 radical (unpaired) electrons. The van der Waals surface area contributed by atoms with Crippen LogP contribution in [-0.2, 0) is 4.74 Å². The zero-order chi connectivity index (χ0) is 12.3. The molecule has 1 heterocycles. The Hall–Kier alpha value is -1.06. The lowest BCUT2D eigenvalue weighted by Gasteiger charge is -2.24. The second-order valence-electron chi connectivity index (χ2n) is 4.83. The average Bonchev–Trinajstić information content (AvgIpc) is 2.33. The molecule has 2 rings (SSSR count). The molecule has 1 aromatic rings. The molecule has 0 aliphatic carbocycles. The molecule has 1 saturated heterocycles. The number of hydrogen-bond acceptors (Lipinski definition) is 3. The number of morpholine rings is 1. The Kier molecular flexibility index (Phi) is 4.02. The number of nitrogens with one attached hydrogen (secondary N) is 2. The normalized spacial score (nSPS) is 20.3.